The van der Waals surface area contributed by atoms with Gasteiger partial charge in [-0.05, 0) is 62.5 Å². The molecule has 10 heteroatoms. The van der Waals surface area contributed by atoms with Crippen LogP contribution in [0.15, 0.2) is 49.1 Å². The number of nitrogens with zero attached hydrogens (tertiary/aromatic N) is 7. The summed E-state index contributed by atoms with van der Waals surface area (Å²) in [5.74, 6) is 0.409. The number of likely N-dealkylation sites (N-methyl/N-ethyl adjacent to an activating group) is 1. The van der Waals surface area contributed by atoms with Crippen molar-refractivity contribution in [3.8, 4) is 6.01 Å². The van der Waals surface area contributed by atoms with Gasteiger partial charge in [-0.25, -0.2) is 11.0 Å². The normalized spacial score (nSPS) is 20.8. The zero-order chi connectivity index (χ0) is 29.2. The van der Waals surface area contributed by atoms with Crippen molar-refractivity contribution < 1.29 is 13.9 Å². The number of amides is 1. The number of ether oxygens (including phenoxy) is 1. The summed E-state index contributed by atoms with van der Waals surface area (Å²) in [5.41, 5.74) is 2.93. The maximum atomic E-state index is 14.2. The molecule has 0 N–H and O–H groups in total. The number of hydrogen-bond acceptors (Lipinski definition) is 7. The Balaban J connectivity index is 1.33. The van der Waals surface area contributed by atoms with Crippen LogP contribution < -0.4 is 14.5 Å². The molecule has 0 aliphatic carbocycles. The number of anilines is 2. The van der Waals surface area contributed by atoms with Crippen LogP contribution in [0.3, 0.4) is 0 Å². The Labute approximate surface area is 246 Å². The van der Waals surface area contributed by atoms with Crippen LogP contribution in [0.2, 0.25) is 0 Å². The average Bonchev–Trinajstić information content (AvgIpc) is 3.43. The number of carbonyl (C=O) groups excluding carboxylic acids is 1. The molecule has 3 aliphatic heterocycles. The fraction of sp³-hybridized carbons (Fsp3) is 0.438. The summed E-state index contributed by atoms with van der Waals surface area (Å²) >= 11 is 0. The molecule has 0 bridgehead atoms. The SMILES string of the molecule is [C-]#[N+]C[C@H]1CN(c2nc(OC[C@@H]3CCCN3C)nc3c2CCN(c2cccc4ccc(F)cc24)C3)CCN1C(=O)C=C. The summed E-state index contributed by atoms with van der Waals surface area (Å²) in [5, 5.41) is 1.87. The highest BCUT2D eigenvalue weighted by Crippen LogP contribution is 2.35. The predicted molar refractivity (Wildman–Crippen MR) is 161 cm³/mol. The van der Waals surface area contributed by atoms with E-state index in [1.54, 1.807) is 11.0 Å². The highest BCUT2D eigenvalue weighted by Gasteiger charge is 2.35. The number of likely N-dealkylation sites (tertiary alicyclic amines) is 1. The van der Waals surface area contributed by atoms with Gasteiger partial charge in [0.05, 0.1) is 12.2 Å². The molecule has 3 aliphatic rings. The lowest BCUT2D eigenvalue weighted by atomic mass is 10.0. The molecule has 2 saturated heterocycles. The molecule has 4 heterocycles. The van der Waals surface area contributed by atoms with E-state index in [1.807, 2.05) is 24.3 Å². The molecule has 1 amide bonds. The van der Waals surface area contributed by atoms with E-state index in [4.69, 9.17) is 21.3 Å². The van der Waals surface area contributed by atoms with Crippen LogP contribution >= 0.6 is 0 Å². The van der Waals surface area contributed by atoms with Gasteiger partial charge in [0.15, 0.2) is 0 Å². The van der Waals surface area contributed by atoms with Gasteiger partial charge in [0.25, 0.3) is 0 Å². The van der Waals surface area contributed by atoms with Crippen LogP contribution in [0.5, 0.6) is 6.01 Å². The van der Waals surface area contributed by atoms with Gasteiger partial charge in [-0.3, -0.25) is 4.79 Å². The van der Waals surface area contributed by atoms with Crippen LogP contribution in [-0.2, 0) is 17.8 Å². The summed E-state index contributed by atoms with van der Waals surface area (Å²) in [7, 11) is 2.12. The molecule has 218 valence electrons. The molecule has 6 rings (SSSR count). The molecule has 2 aromatic carbocycles. The number of carbonyl (C=O) groups is 1. The fourth-order valence-corrected chi connectivity index (χ4v) is 6.50. The van der Waals surface area contributed by atoms with E-state index >= 15 is 0 Å². The third-order valence-electron chi connectivity index (χ3n) is 8.80. The van der Waals surface area contributed by atoms with E-state index in [0.29, 0.717) is 51.3 Å². The molecule has 0 unspecified atom stereocenters. The monoisotopic (exact) mass is 569 g/mol. The Hall–Kier alpha value is -4.23. The quantitative estimate of drug-likeness (QED) is 0.316. The Kier molecular flexibility index (Phi) is 7.94. The molecular weight excluding hydrogens is 533 g/mol. The summed E-state index contributed by atoms with van der Waals surface area (Å²) in [4.78, 5) is 34.5. The first-order chi connectivity index (χ1) is 20.4. The smallest absolute Gasteiger partial charge is 0.318 e. The maximum Gasteiger partial charge on any atom is 0.318 e. The lowest BCUT2D eigenvalue weighted by molar-refractivity contribution is -0.128. The topological polar surface area (TPSA) is 69.4 Å². The molecule has 2 atom stereocenters. The van der Waals surface area contributed by atoms with Gasteiger partial charge in [-0.15, -0.1) is 0 Å². The number of aromatic nitrogens is 2. The van der Waals surface area contributed by atoms with Crippen molar-refractivity contribution in [1.29, 1.82) is 0 Å². The minimum absolute atomic E-state index is 0.153. The van der Waals surface area contributed by atoms with E-state index < -0.39 is 0 Å². The van der Waals surface area contributed by atoms with Crippen molar-refractivity contribution in [2.45, 2.75) is 37.9 Å². The van der Waals surface area contributed by atoms with Crippen LogP contribution in [-0.4, -0.2) is 90.7 Å². The van der Waals surface area contributed by atoms with Gasteiger partial charge in [-0.2, -0.15) is 9.97 Å². The average molecular weight is 570 g/mol. The number of benzene rings is 2. The summed E-state index contributed by atoms with van der Waals surface area (Å²) in [6.45, 7) is 15.8. The lowest BCUT2D eigenvalue weighted by Gasteiger charge is -2.41. The van der Waals surface area contributed by atoms with Crippen molar-refractivity contribution in [1.82, 2.24) is 19.8 Å². The Morgan fingerprint density at radius 2 is 2.05 bits per heavy atom. The van der Waals surface area contributed by atoms with Crippen molar-refractivity contribution in [3.63, 3.8) is 0 Å². The predicted octanol–water partition coefficient (Wildman–Crippen LogP) is 3.93. The van der Waals surface area contributed by atoms with Crippen LogP contribution in [0.4, 0.5) is 15.9 Å². The van der Waals surface area contributed by atoms with Crippen molar-refractivity contribution in [3.05, 3.63) is 77.5 Å². The van der Waals surface area contributed by atoms with E-state index in [2.05, 4.69) is 33.2 Å². The molecular formula is C32H36FN7O2. The number of rotatable bonds is 7. The molecule has 42 heavy (non-hydrogen) atoms. The highest BCUT2D eigenvalue weighted by atomic mass is 19.1. The third kappa shape index (κ3) is 5.49. The van der Waals surface area contributed by atoms with Gasteiger partial charge in [0.1, 0.15) is 24.3 Å². The van der Waals surface area contributed by atoms with Crippen LogP contribution in [0, 0.1) is 12.4 Å². The van der Waals surface area contributed by atoms with Gasteiger partial charge < -0.3 is 29.2 Å². The van der Waals surface area contributed by atoms with E-state index in [9.17, 15) is 9.18 Å². The summed E-state index contributed by atoms with van der Waals surface area (Å²) < 4.78 is 20.5. The molecule has 0 radical (unpaired) electrons. The number of fused-ring (bicyclic) bond motifs is 2. The van der Waals surface area contributed by atoms with Gasteiger partial charge >= 0.3 is 6.01 Å². The molecule has 2 fully saturated rings. The first-order valence-electron chi connectivity index (χ1n) is 14.6. The van der Waals surface area contributed by atoms with Gasteiger partial charge in [0, 0.05) is 48.9 Å². The number of hydrogen-bond donors (Lipinski definition) is 0. The Morgan fingerprint density at radius 3 is 2.83 bits per heavy atom. The summed E-state index contributed by atoms with van der Waals surface area (Å²) in [6, 6.07) is 11.4. The van der Waals surface area contributed by atoms with Crippen molar-refractivity contribution in [2.75, 3.05) is 62.7 Å². The van der Waals surface area contributed by atoms with Crippen molar-refractivity contribution >= 4 is 28.2 Å². The zero-order valence-corrected chi connectivity index (χ0v) is 24.0. The zero-order valence-electron chi connectivity index (χ0n) is 24.0. The molecule has 9 nitrogen and oxygen atoms in total. The van der Waals surface area contributed by atoms with E-state index in [-0.39, 0.29) is 24.3 Å². The molecule has 1 aromatic heterocycles. The molecule has 0 spiro atoms. The van der Waals surface area contributed by atoms with Gasteiger partial charge in [-0.1, -0.05) is 24.8 Å². The van der Waals surface area contributed by atoms with E-state index in [0.717, 1.165) is 59.5 Å². The molecule has 3 aromatic rings. The second-order valence-corrected chi connectivity index (χ2v) is 11.3. The summed E-state index contributed by atoms with van der Waals surface area (Å²) in [6.07, 6.45) is 4.26. The maximum absolute atomic E-state index is 14.2. The second kappa shape index (κ2) is 11.9. The number of halogens is 1. The largest absolute Gasteiger partial charge is 0.462 e. The lowest BCUT2D eigenvalue weighted by Crippen LogP contribution is -2.56. The first-order valence-corrected chi connectivity index (χ1v) is 14.6. The minimum Gasteiger partial charge on any atom is -0.462 e. The van der Waals surface area contributed by atoms with Crippen molar-refractivity contribution in [2.24, 2.45) is 0 Å². The van der Waals surface area contributed by atoms with Crippen LogP contribution in [0.1, 0.15) is 24.1 Å². The Bertz CT molecular complexity index is 1540. The number of piperazine rings is 1. The van der Waals surface area contributed by atoms with Crippen LogP contribution in [0.25, 0.3) is 15.6 Å². The standard InChI is InChI=1S/C32H36FN7O2/c1-4-30(41)40-16-15-39(19-25(40)18-34-2)31-26-12-14-38(29-9-5-7-22-10-11-23(33)17-27(22)29)20-28(26)35-32(36-31)42-21-24-8-6-13-37(24)3/h4-5,7,9-11,17,24-25H,1,6,8,12-16,18-21H2,3H3/t24-,25-/m0/s1. The Morgan fingerprint density at radius 1 is 1.17 bits per heavy atom. The van der Waals surface area contributed by atoms with E-state index in [1.165, 1.54) is 12.1 Å². The molecule has 0 saturated carbocycles. The van der Waals surface area contributed by atoms with Gasteiger partial charge in [0.2, 0.25) is 12.5 Å². The highest BCUT2D eigenvalue weighted by molar-refractivity contribution is 5.94. The third-order valence-corrected chi connectivity index (χ3v) is 8.80. The minimum atomic E-state index is -0.257. The second-order valence-electron chi connectivity index (χ2n) is 11.3. The first kappa shape index (κ1) is 27.9. The fourth-order valence-electron chi connectivity index (χ4n) is 6.50.